The number of nitrogens with two attached hydrogens (primary N) is 1. The molecule has 2 rings (SSSR count). The van der Waals surface area contributed by atoms with Gasteiger partial charge < -0.3 is 10.6 Å². The molecule has 1 aliphatic heterocycles. The Morgan fingerprint density at radius 2 is 1.71 bits per heavy atom. The van der Waals surface area contributed by atoms with Crippen LogP contribution in [0.2, 0.25) is 0 Å². The Bertz CT molecular complexity index is 214. The fourth-order valence-corrected chi connectivity index (χ4v) is 3.49. The average molecular weight is 261 g/mol. The third-order valence-corrected chi connectivity index (χ3v) is 4.75. The van der Waals surface area contributed by atoms with E-state index in [1.807, 2.05) is 0 Å². The molecule has 1 heterocycles. The minimum Gasteiger partial charge on any atom is -0.330 e. The van der Waals surface area contributed by atoms with E-state index >= 15 is 0 Å². The Labute approximate surface area is 113 Å². The topological polar surface area (TPSA) is 29.3 Å². The lowest BCUT2D eigenvalue weighted by molar-refractivity contribution is 0.178. The molecule has 2 fully saturated rings. The maximum Gasteiger partial charge on any atom is 0.00707 e. The number of hydrogen-bond acceptors (Lipinski definition) is 2. The van der Waals surface area contributed by atoms with Crippen molar-refractivity contribution in [2.75, 3.05) is 19.6 Å². The van der Waals surface area contributed by atoms with Gasteiger partial charge in [0.05, 0.1) is 0 Å². The van der Waals surface area contributed by atoms with Gasteiger partial charge in [-0.25, -0.2) is 0 Å². The molecule has 0 aromatic carbocycles. The smallest absolute Gasteiger partial charge is 0.00707 e. The van der Waals surface area contributed by atoms with Crippen LogP contribution in [0.5, 0.6) is 0 Å². The summed E-state index contributed by atoms with van der Waals surface area (Å²) in [6.07, 6.45) is 7.13. The molecule has 1 saturated heterocycles. The first-order valence-electron chi connectivity index (χ1n) is 7.13. The second-order valence-corrected chi connectivity index (χ2v) is 6.27. The summed E-state index contributed by atoms with van der Waals surface area (Å²) in [5.74, 6) is 2.71. The highest BCUT2D eigenvalue weighted by Gasteiger charge is 2.30. The molecule has 102 valence electrons. The monoisotopic (exact) mass is 260 g/mol. The van der Waals surface area contributed by atoms with Crippen LogP contribution in [0.1, 0.15) is 46.0 Å². The van der Waals surface area contributed by atoms with E-state index in [1.54, 1.807) is 0 Å². The largest absolute Gasteiger partial charge is 0.330 e. The molecule has 0 bridgehead atoms. The predicted molar refractivity (Wildman–Crippen MR) is 76.6 cm³/mol. The summed E-state index contributed by atoms with van der Waals surface area (Å²) in [7, 11) is 0. The van der Waals surface area contributed by atoms with Crippen molar-refractivity contribution < 1.29 is 0 Å². The maximum atomic E-state index is 5.78. The molecule has 2 nitrogen and oxygen atoms in total. The fourth-order valence-electron chi connectivity index (χ4n) is 3.49. The van der Waals surface area contributed by atoms with Crippen molar-refractivity contribution in [1.82, 2.24) is 4.90 Å². The second-order valence-electron chi connectivity index (χ2n) is 6.27. The zero-order chi connectivity index (χ0) is 11.5. The van der Waals surface area contributed by atoms with Gasteiger partial charge in [-0.2, -0.15) is 0 Å². The highest BCUT2D eigenvalue weighted by Crippen LogP contribution is 2.31. The molecular formula is C14H29ClN2. The molecule has 2 aliphatic rings. The quantitative estimate of drug-likeness (QED) is 0.846. The third kappa shape index (κ3) is 4.11. The van der Waals surface area contributed by atoms with Crippen LogP contribution in [-0.2, 0) is 0 Å². The van der Waals surface area contributed by atoms with Gasteiger partial charge in [0.1, 0.15) is 0 Å². The molecule has 17 heavy (non-hydrogen) atoms. The number of nitrogens with zero attached hydrogens (tertiary/aromatic N) is 1. The van der Waals surface area contributed by atoms with Crippen molar-refractivity contribution in [2.24, 2.45) is 23.5 Å². The van der Waals surface area contributed by atoms with E-state index in [4.69, 9.17) is 5.73 Å². The van der Waals surface area contributed by atoms with Crippen molar-refractivity contribution in [3.63, 3.8) is 0 Å². The SMILES string of the molecule is CC1CCC(CN2CC(CN)CC2C)CC1.Cl. The van der Waals surface area contributed by atoms with Gasteiger partial charge >= 0.3 is 0 Å². The molecule has 0 aromatic rings. The number of likely N-dealkylation sites (tertiary alicyclic amines) is 1. The molecule has 0 aromatic heterocycles. The third-order valence-electron chi connectivity index (χ3n) is 4.75. The Kier molecular flexibility index (Phi) is 6.25. The molecule has 2 N–H and O–H groups in total. The first-order chi connectivity index (χ1) is 7.69. The minimum absolute atomic E-state index is 0. The Morgan fingerprint density at radius 3 is 2.24 bits per heavy atom. The van der Waals surface area contributed by atoms with E-state index in [2.05, 4.69) is 18.7 Å². The molecule has 1 saturated carbocycles. The normalized spacial score (nSPS) is 39.0. The lowest BCUT2D eigenvalue weighted by Crippen LogP contribution is -2.34. The van der Waals surface area contributed by atoms with Crippen LogP contribution >= 0.6 is 12.4 Å². The van der Waals surface area contributed by atoms with Crippen LogP contribution in [0.4, 0.5) is 0 Å². The van der Waals surface area contributed by atoms with Crippen LogP contribution in [0.15, 0.2) is 0 Å². The van der Waals surface area contributed by atoms with E-state index in [9.17, 15) is 0 Å². The molecular weight excluding hydrogens is 232 g/mol. The van der Waals surface area contributed by atoms with Crippen molar-refractivity contribution in [2.45, 2.75) is 52.0 Å². The summed E-state index contributed by atoms with van der Waals surface area (Å²) >= 11 is 0. The Balaban J connectivity index is 0.00000144. The number of rotatable bonds is 3. The van der Waals surface area contributed by atoms with Crippen molar-refractivity contribution >= 4 is 12.4 Å². The lowest BCUT2D eigenvalue weighted by Gasteiger charge is -2.31. The van der Waals surface area contributed by atoms with Crippen molar-refractivity contribution in [3.05, 3.63) is 0 Å². The van der Waals surface area contributed by atoms with Crippen molar-refractivity contribution in [3.8, 4) is 0 Å². The first-order valence-corrected chi connectivity index (χ1v) is 7.13. The van der Waals surface area contributed by atoms with Crippen LogP contribution in [0.25, 0.3) is 0 Å². The summed E-state index contributed by atoms with van der Waals surface area (Å²) in [6.45, 7) is 8.25. The van der Waals surface area contributed by atoms with Crippen LogP contribution < -0.4 is 5.73 Å². The Hall–Kier alpha value is 0.210. The van der Waals surface area contributed by atoms with Gasteiger partial charge in [-0.1, -0.05) is 19.8 Å². The van der Waals surface area contributed by atoms with Crippen LogP contribution in [-0.4, -0.2) is 30.6 Å². The zero-order valence-corrected chi connectivity index (χ0v) is 12.2. The number of hydrogen-bond donors (Lipinski definition) is 1. The molecule has 3 heteroatoms. The average Bonchev–Trinajstić information content (AvgIpc) is 2.63. The molecule has 2 atom stereocenters. The second kappa shape index (κ2) is 6.96. The van der Waals surface area contributed by atoms with Gasteiger partial charge in [0.25, 0.3) is 0 Å². The van der Waals surface area contributed by atoms with Gasteiger partial charge in [0.2, 0.25) is 0 Å². The van der Waals surface area contributed by atoms with Gasteiger partial charge in [-0.05, 0) is 50.5 Å². The molecule has 0 amide bonds. The molecule has 2 unspecified atom stereocenters. The van der Waals surface area contributed by atoms with E-state index in [1.165, 1.54) is 45.2 Å². The maximum absolute atomic E-state index is 5.78. The summed E-state index contributed by atoms with van der Waals surface area (Å²) in [6, 6.07) is 0.771. The predicted octanol–water partition coefficient (Wildman–Crippen LogP) is 2.90. The minimum atomic E-state index is 0. The summed E-state index contributed by atoms with van der Waals surface area (Å²) in [4.78, 5) is 2.69. The van der Waals surface area contributed by atoms with Gasteiger partial charge in [0, 0.05) is 19.1 Å². The van der Waals surface area contributed by atoms with Crippen LogP contribution in [0.3, 0.4) is 0 Å². The van der Waals surface area contributed by atoms with Gasteiger partial charge in [0.15, 0.2) is 0 Å². The fraction of sp³-hybridized carbons (Fsp3) is 1.00. The molecule has 0 spiro atoms. The van der Waals surface area contributed by atoms with E-state index in [0.717, 1.165) is 30.3 Å². The van der Waals surface area contributed by atoms with Crippen LogP contribution in [0, 0.1) is 17.8 Å². The van der Waals surface area contributed by atoms with Gasteiger partial charge in [-0.15, -0.1) is 12.4 Å². The molecule has 1 aliphatic carbocycles. The van der Waals surface area contributed by atoms with E-state index in [-0.39, 0.29) is 12.4 Å². The summed E-state index contributed by atoms with van der Waals surface area (Å²) in [5.41, 5.74) is 5.78. The Morgan fingerprint density at radius 1 is 1.06 bits per heavy atom. The van der Waals surface area contributed by atoms with Crippen molar-refractivity contribution in [1.29, 1.82) is 0 Å². The van der Waals surface area contributed by atoms with E-state index in [0.29, 0.717) is 0 Å². The standard InChI is InChI=1S/C14H28N2.ClH/c1-11-3-5-13(6-4-11)9-16-10-14(8-15)7-12(16)2;/h11-14H,3-10,15H2,1-2H3;1H. The number of halogens is 1. The highest BCUT2D eigenvalue weighted by molar-refractivity contribution is 5.85. The van der Waals surface area contributed by atoms with Gasteiger partial charge in [-0.3, -0.25) is 0 Å². The molecule has 0 radical (unpaired) electrons. The highest BCUT2D eigenvalue weighted by atomic mass is 35.5. The summed E-state index contributed by atoms with van der Waals surface area (Å²) in [5, 5.41) is 0. The lowest BCUT2D eigenvalue weighted by atomic mass is 9.83. The summed E-state index contributed by atoms with van der Waals surface area (Å²) < 4.78 is 0. The zero-order valence-electron chi connectivity index (χ0n) is 11.4. The first kappa shape index (κ1) is 15.3. The van der Waals surface area contributed by atoms with E-state index < -0.39 is 0 Å².